The summed E-state index contributed by atoms with van der Waals surface area (Å²) in [5, 5.41) is 22.6. The van der Waals surface area contributed by atoms with Crippen LogP contribution < -0.4 is 21.3 Å². The highest BCUT2D eigenvalue weighted by Gasteiger charge is 2.31. The summed E-state index contributed by atoms with van der Waals surface area (Å²) in [6.07, 6.45) is 2.20. The summed E-state index contributed by atoms with van der Waals surface area (Å²) in [6.45, 7) is 1.94. The van der Waals surface area contributed by atoms with Crippen LogP contribution in [0.3, 0.4) is 0 Å². The smallest absolute Gasteiger partial charge is 0.328 e. The number of nitrogens with zero attached hydrogens (tertiary/aromatic N) is 2. The van der Waals surface area contributed by atoms with Gasteiger partial charge in [-0.25, -0.2) is 4.79 Å². The first kappa shape index (κ1) is 27.8. The Morgan fingerprint density at radius 2 is 1.69 bits per heavy atom. The van der Waals surface area contributed by atoms with E-state index in [1.54, 1.807) is 30.3 Å². The molecule has 12 nitrogen and oxygen atoms in total. The number of likely N-dealkylation sites (N-methyl/N-ethyl adjacent to an activating group) is 1. The lowest BCUT2D eigenvalue weighted by Crippen LogP contribution is -2.24. The molecule has 3 aromatic rings. The van der Waals surface area contributed by atoms with Gasteiger partial charge in [-0.3, -0.25) is 34.7 Å². The fourth-order valence-corrected chi connectivity index (χ4v) is 4.65. The van der Waals surface area contributed by atoms with Gasteiger partial charge < -0.3 is 16.0 Å². The number of imide groups is 1. The molecule has 0 radical (unpaired) electrons. The number of anilines is 2. The highest BCUT2D eigenvalue weighted by atomic mass is 16.6. The van der Waals surface area contributed by atoms with Crippen LogP contribution in [0.5, 0.6) is 0 Å². The number of nitro groups is 1. The average Bonchev–Trinajstić information content (AvgIpc) is 3.41. The third-order valence-corrected chi connectivity index (χ3v) is 6.84. The minimum Gasteiger partial charge on any atom is -0.356 e. The Hall–Kier alpha value is -5.78. The van der Waals surface area contributed by atoms with Crippen LogP contribution in [0.1, 0.15) is 29.2 Å². The van der Waals surface area contributed by atoms with Crippen molar-refractivity contribution >= 4 is 58.2 Å². The lowest BCUT2D eigenvalue weighted by molar-refractivity contribution is -0.384. The third kappa shape index (κ3) is 5.72. The molecular weight excluding hydrogens is 540 g/mol. The Kier molecular flexibility index (Phi) is 7.52. The Morgan fingerprint density at radius 1 is 0.976 bits per heavy atom. The number of nitrogens with one attached hydrogen (secondary N) is 4. The predicted octanol–water partition coefficient (Wildman–Crippen LogP) is 3.73. The van der Waals surface area contributed by atoms with E-state index in [9.17, 15) is 29.3 Å². The molecule has 0 atom stereocenters. The molecular formula is C30H26N6O6. The zero-order valence-corrected chi connectivity index (χ0v) is 22.7. The second kappa shape index (κ2) is 11.4. The van der Waals surface area contributed by atoms with Gasteiger partial charge in [-0.2, -0.15) is 0 Å². The van der Waals surface area contributed by atoms with Gasteiger partial charge in [0.15, 0.2) is 0 Å². The minimum absolute atomic E-state index is 0.114. The topological polar surface area (TPSA) is 163 Å². The molecule has 12 heteroatoms. The molecule has 0 aliphatic carbocycles. The van der Waals surface area contributed by atoms with E-state index in [0.29, 0.717) is 46.7 Å². The summed E-state index contributed by atoms with van der Waals surface area (Å²) in [6, 6.07) is 18.2. The van der Waals surface area contributed by atoms with Crippen molar-refractivity contribution in [1.82, 2.24) is 15.5 Å². The maximum Gasteiger partial charge on any atom is 0.328 e. The van der Waals surface area contributed by atoms with E-state index >= 15 is 0 Å². The van der Waals surface area contributed by atoms with Crippen molar-refractivity contribution in [2.45, 2.75) is 13.3 Å². The average molecular weight is 567 g/mol. The van der Waals surface area contributed by atoms with Crippen LogP contribution >= 0.6 is 0 Å². The quantitative estimate of drug-likeness (QED) is 0.140. The molecule has 0 saturated carbocycles. The number of hydrogen-bond donors (Lipinski definition) is 4. The molecule has 0 aromatic heterocycles. The Balaban J connectivity index is 1.52. The molecule has 0 bridgehead atoms. The second-order valence-electron chi connectivity index (χ2n) is 9.72. The number of benzene rings is 3. The molecule has 3 aromatic carbocycles. The van der Waals surface area contributed by atoms with Gasteiger partial charge in [-0.1, -0.05) is 36.4 Å². The molecule has 5 amide bonds. The molecule has 5 rings (SSSR count). The summed E-state index contributed by atoms with van der Waals surface area (Å²) < 4.78 is 0. The van der Waals surface area contributed by atoms with Crippen LogP contribution in [0.15, 0.2) is 72.4 Å². The van der Waals surface area contributed by atoms with E-state index in [-0.39, 0.29) is 22.9 Å². The molecule has 2 aliphatic rings. The van der Waals surface area contributed by atoms with Crippen molar-refractivity contribution in [2.24, 2.45) is 0 Å². The van der Waals surface area contributed by atoms with Gasteiger partial charge in [0.2, 0.25) is 5.91 Å². The van der Waals surface area contributed by atoms with Gasteiger partial charge in [0.1, 0.15) is 5.70 Å². The lowest BCUT2D eigenvalue weighted by Gasteiger charge is -2.16. The van der Waals surface area contributed by atoms with E-state index < -0.39 is 22.8 Å². The van der Waals surface area contributed by atoms with Crippen LogP contribution in [0.25, 0.3) is 17.3 Å². The van der Waals surface area contributed by atoms with Crippen LogP contribution in [0.4, 0.5) is 21.9 Å². The predicted molar refractivity (Wildman–Crippen MR) is 157 cm³/mol. The van der Waals surface area contributed by atoms with Crippen LogP contribution in [-0.2, 0) is 20.8 Å². The standard InChI is InChI=1S/C30H26N6O6/c1-17(37)31-14-13-18-3-7-20(8-4-18)27(26-23-16-22(36(41)42)11-12-24(23)33-29(26)39)32-21-9-5-19(6-10-21)15-25-28(38)34-30(40)35(25)2/h3-12,15-16,32H,13-14H2,1-2H3,(H,31,37)(H,33,39)(H,34,38,40)/b25-15-,27-26-. The lowest BCUT2D eigenvalue weighted by atomic mass is 9.98. The number of amides is 5. The van der Waals surface area contributed by atoms with Crippen molar-refractivity contribution < 1.29 is 24.1 Å². The van der Waals surface area contributed by atoms with E-state index in [1.165, 1.54) is 37.1 Å². The molecule has 0 spiro atoms. The molecule has 0 unspecified atom stereocenters. The summed E-state index contributed by atoms with van der Waals surface area (Å²) in [4.78, 5) is 60.4. The molecule has 1 saturated heterocycles. The van der Waals surface area contributed by atoms with Gasteiger partial charge in [0.25, 0.3) is 17.5 Å². The van der Waals surface area contributed by atoms with Gasteiger partial charge >= 0.3 is 6.03 Å². The van der Waals surface area contributed by atoms with Gasteiger partial charge in [0.05, 0.1) is 16.2 Å². The largest absolute Gasteiger partial charge is 0.356 e. The fraction of sp³-hybridized carbons (Fsp3) is 0.133. The minimum atomic E-state index is -0.513. The monoisotopic (exact) mass is 566 g/mol. The van der Waals surface area contributed by atoms with Crippen molar-refractivity contribution in [3.05, 3.63) is 105 Å². The third-order valence-electron chi connectivity index (χ3n) is 6.84. The molecule has 2 heterocycles. The van der Waals surface area contributed by atoms with E-state index in [2.05, 4.69) is 21.3 Å². The number of non-ortho nitro benzene ring substituents is 1. The Morgan fingerprint density at radius 3 is 2.31 bits per heavy atom. The number of rotatable bonds is 8. The zero-order valence-electron chi connectivity index (χ0n) is 22.7. The van der Waals surface area contributed by atoms with E-state index in [4.69, 9.17) is 0 Å². The van der Waals surface area contributed by atoms with Crippen molar-refractivity contribution in [1.29, 1.82) is 0 Å². The number of hydrogen-bond acceptors (Lipinski definition) is 7. The SMILES string of the molecule is CC(=O)NCCc1ccc(/C(Nc2ccc(/C=C3/C(=O)NC(=O)N3C)cc2)=C2/C(=O)Nc3ccc([N+](=O)[O-])cc32)cc1. The Labute approximate surface area is 240 Å². The van der Waals surface area contributed by atoms with Crippen molar-refractivity contribution in [3.63, 3.8) is 0 Å². The highest BCUT2D eigenvalue weighted by molar-refractivity contribution is 6.37. The number of nitro benzene ring substituents is 1. The first-order valence-corrected chi connectivity index (χ1v) is 13.0. The van der Waals surface area contributed by atoms with Gasteiger partial charge in [-0.05, 0) is 47.4 Å². The summed E-state index contributed by atoms with van der Waals surface area (Å²) in [5.41, 5.74) is 4.52. The second-order valence-corrected chi connectivity index (χ2v) is 9.72. The van der Waals surface area contributed by atoms with Crippen molar-refractivity contribution in [3.8, 4) is 0 Å². The van der Waals surface area contributed by atoms with Crippen LogP contribution in [0, 0.1) is 10.1 Å². The van der Waals surface area contributed by atoms with Crippen molar-refractivity contribution in [2.75, 3.05) is 24.2 Å². The maximum atomic E-state index is 13.2. The first-order valence-electron chi connectivity index (χ1n) is 13.0. The maximum absolute atomic E-state index is 13.2. The number of urea groups is 1. The number of carbonyl (C=O) groups excluding carboxylic acids is 4. The molecule has 42 heavy (non-hydrogen) atoms. The Bertz CT molecular complexity index is 1690. The molecule has 1 fully saturated rings. The van der Waals surface area contributed by atoms with E-state index in [1.807, 2.05) is 24.3 Å². The van der Waals surface area contributed by atoms with Gasteiger partial charge in [0, 0.05) is 49.6 Å². The number of carbonyl (C=O) groups is 4. The van der Waals surface area contributed by atoms with Crippen LogP contribution in [0.2, 0.25) is 0 Å². The summed E-state index contributed by atoms with van der Waals surface area (Å²) in [5.74, 6) is -1.02. The van der Waals surface area contributed by atoms with Gasteiger partial charge in [-0.15, -0.1) is 0 Å². The normalized spacial score (nSPS) is 16.2. The first-order chi connectivity index (χ1) is 20.1. The molecule has 2 aliphatic heterocycles. The highest BCUT2D eigenvalue weighted by Crippen LogP contribution is 2.39. The summed E-state index contributed by atoms with van der Waals surface area (Å²) >= 11 is 0. The molecule has 4 N–H and O–H groups in total. The zero-order chi connectivity index (χ0) is 30.0. The van der Waals surface area contributed by atoms with Crippen LogP contribution in [-0.4, -0.2) is 47.2 Å². The fourth-order valence-electron chi connectivity index (χ4n) is 4.65. The molecule has 212 valence electrons. The number of fused-ring (bicyclic) bond motifs is 1. The van der Waals surface area contributed by atoms with E-state index in [0.717, 1.165) is 5.56 Å². The summed E-state index contributed by atoms with van der Waals surface area (Å²) in [7, 11) is 1.50.